The van der Waals surface area contributed by atoms with Gasteiger partial charge in [0.05, 0.1) is 5.56 Å². The van der Waals surface area contributed by atoms with Gasteiger partial charge in [-0.05, 0) is 24.3 Å². The lowest BCUT2D eigenvalue weighted by Crippen LogP contribution is -1.89. The molecule has 0 bridgehead atoms. The highest BCUT2D eigenvalue weighted by Crippen LogP contribution is 2.25. The summed E-state index contributed by atoms with van der Waals surface area (Å²) in [6, 6.07) is 11.3. The minimum absolute atomic E-state index is 0.0849. The Kier molecular flexibility index (Phi) is 2.94. The quantitative estimate of drug-likeness (QED) is 0.712. The number of pyridine rings is 1. The van der Waals surface area contributed by atoms with Gasteiger partial charge in [-0.3, -0.25) is 4.98 Å². The van der Waals surface area contributed by atoms with E-state index in [1.807, 2.05) is 0 Å². The fraction of sp³-hybridized carbons (Fsp3) is 0. The zero-order chi connectivity index (χ0) is 13.9. The van der Waals surface area contributed by atoms with E-state index in [-0.39, 0.29) is 22.8 Å². The summed E-state index contributed by atoms with van der Waals surface area (Å²) in [4.78, 5) is 8.23. The fourth-order valence-corrected chi connectivity index (χ4v) is 1.75. The first-order chi connectivity index (χ1) is 9.79. The maximum absolute atomic E-state index is 13.5. The van der Waals surface area contributed by atoms with Crippen molar-refractivity contribution in [2.75, 3.05) is 0 Å². The van der Waals surface area contributed by atoms with E-state index in [9.17, 15) is 4.39 Å². The van der Waals surface area contributed by atoms with Crippen LogP contribution in [0.2, 0.25) is 0 Å². The van der Waals surface area contributed by atoms with Gasteiger partial charge in [-0.1, -0.05) is 17.3 Å². The summed E-state index contributed by atoms with van der Waals surface area (Å²) >= 11 is 0. The van der Waals surface area contributed by atoms with E-state index in [0.717, 1.165) is 0 Å². The average molecular weight is 266 g/mol. The number of aromatic nitrogens is 3. The molecule has 6 heteroatoms. The van der Waals surface area contributed by atoms with Gasteiger partial charge in [0.2, 0.25) is 5.82 Å². The zero-order valence-corrected chi connectivity index (χ0v) is 10.1. The van der Waals surface area contributed by atoms with Gasteiger partial charge in [-0.2, -0.15) is 10.2 Å². The van der Waals surface area contributed by atoms with E-state index in [1.54, 1.807) is 36.5 Å². The van der Waals surface area contributed by atoms with Crippen LogP contribution in [-0.4, -0.2) is 15.1 Å². The Labute approximate surface area is 113 Å². The number of halogens is 1. The maximum atomic E-state index is 13.5. The van der Waals surface area contributed by atoms with Gasteiger partial charge < -0.3 is 4.52 Å². The van der Waals surface area contributed by atoms with Crippen molar-refractivity contribution in [2.45, 2.75) is 0 Å². The minimum atomic E-state index is -0.623. The normalized spacial score (nSPS) is 10.2. The maximum Gasteiger partial charge on any atom is 0.259 e. The van der Waals surface area contributed by atoms with Crippen LogP contribution in [0.4, 0.5) is 4.39 Å². The molecular formula is C14H7FN4O. The predicted octanol–water partition coefficient (Wildman–Crippen LogP) is 2.81. The standard InChI is InChI=1S/C14H7FN4O/c15-11-5-3-4-9(10(11)8-16)14-18-13(19-20-14)12-6-1-2-7-17-12/h1-7H. The van der Waals surface area contributed by atoms with Gasteiger partial charge >= 0.3 is 0 Å². The highest BCUT2D eigenvalue weighted by atomic mass is 19.1. The lowest BCUT2D eigenvalue weighted by Gasteiger charge is -1.98. The lowest BCUT2D eigenvalue weighted by molar-refractivity contribution is 0.431. The molecule has 0 N–H and O–H groups in total. The monoisotopic (exact) mass is 266 g/mol. The molecule has 0 unspecified atom stereocenters. The van der Waals surface area contributed by atoms with Gasteiger partial charge in [-0.15, -0.1) is 0 Å². The summed E-state index contributed by atoms with van der Waals surface area (Å²) in [6.45, 7) is 0. The van der Waals surface area contributed by atoms with Crippen LogP contribution in [0.1, 0.15) is 5.56 Å². The topological polar surface area (TPSA) is 75.6 Å². The number of benzene rings is 1. The van der Waals surface area contributed by atoms with Gasteiger partial charge in [0.1, 0.15) is 23.1 Å². The Bertz CT molecular complexity index is 792. The average Bonchev–Trinajstić information content (AvgIpc) is 2.97. The van der Waals surface area contributed by atoms with Crippen molar-refractivity contribution in [3.05, 3.63) is 54.0 Å². The number of hydrogen-bond donors (Lipinski definition) is 0. The van der Waals surface area contributed by atoms with Crippen LogP contribution >= 0.6 is 0 Å². The van der Waals surface area contributed by atoms with Crippen LogP contribution in [0.3, 0.4) is 0 Å². The number of nitriles is 1. The highest BCUT2D eigenvalue weighted by molar-refractivity contribution is 5.65. The van der Waals surface area contributed by atoms with E-state index < -0.39 is 5.82 Å². The summed E-state index contributed by atoms with van der Waals surface area (Å²) in [7, 11) is 0. The number of rotatable bonds is 2. The van der Waals surface area contributed by atoms with Crippen LogP contribution < -0.4 is 0 Å². The molecule has 2 aromatic heterocycles. The Morgan fingerprint density at radius 3 is 2.80 bits per heavy atom. The summed E-state index contributed by atoms with van der Waals surface area (Å²) < 4.78 is 18.6. The molecule has 3 aromatic rings. The second-order valence-corrected chi connectivity index (χ2v) is 3.91. The molecule has 0 aliphatic rings. The molecular weight excluding hydrogens is 259 g/mol. The van der Waals surface area contributed by atoms with Crippen LogP contribution in [0.15, 0.2) is 47.1 Å². The van der Waals surface area contributed by atoms with Crippen molar-refractivity contribution in [3.8, 4) is 29.0 Å². The van der Waals surface area contributed by atoms with Crippen molar-refractivity contribution < 1.29 is 8.91 Å². The molecule has 0 aliphatic heterocycles. The van der Waals surface area contributed by atoms with E-state index in [4.69, 9.17) is 9.78 Å². The molecule has 0 fully saturated rings. The Morgan fingerprint density at radius 2 is 2.05 bits per heavy atom. The molecule has 20 heavy (non-hydrogen) atoms. The number of hydrogen-bond acceptors (Lipinski definition) is 5. The van der Waals surface area contributed by atoms with Crippen LogP contribution in [-0.2, 0) is 0 Å². The fourth-order valence-electron chi connectivity index (χ4n) is 1.75. The molecule has 96 valence electrons. The van der Waals surface area contributed by atoms with Crippen LogP contribution in [0.5, 0.6) is 0 Å². The second-order valence-electron chi connectivity index (χ2n) is 3.91. The van der Waals surface area contributed by atoms with E-state index in [2.05, 4.69) is 15.1 Å². The smallest absolute Gasteiger partial charge is 0.259 e. The van der Waals surface area contributed by atoms with Crippen molar-refractivity contribution in [1.82, 2.24) is 15.1 Å². The summed E-state index contributed by atoms with van der Waals surface area (Å²) in [6.07, 6.45) is 1.61. The predicted molar refractivity (Wildman–Crippen MR) is 67.6 cm³/mol. The van der Waals surface area contributed by atoms with Crippen molar-refractivity contribution >= 4 is 0 Å². The lowest BCUT2D eigenvalue weighted by atomic mass is 10.1. The molecule has 0 saturated carbocycles. The highest BCUT2D eigenvalue weighted by Gasteiger charge is 2.16. The zero-order valence-electron chi connectivity index (χ0n) is 10.1. The molecule has 0 aliphatic carbocycles. The summed E-state index contributed by atoms with van der Waals surface area (Å²) in [5.74, 6) is -0.252. The summed E-state index contributed by atoms with van der Waals surface area (Å²) in [5.41, 5.74) is 0.684. The Balaban J connectivity index is 2.08. The Morgan fingerprint density at radius 1 is 1.15 bits per heavy atom. The van der Waals surface area contributed by atoms with Gasteiger partial charge in [0.15, 0.2) is 0 Å². The first kappa shape index (κ1) is 12.0. The molecule has 0 radical (unpaired) electrons. The second kappa shape index (κ2) is 4.90. The summed E-state index contributed by atoms with van der Waals surface area (Å²) in [5, 5.41) is 12.8. The first-order valence-corrected chi connectivity index (χ1v) is 5.73. The molecule has 5 nitrogen and oxygen atoms in total. The first-order valence-electron chi connectivity index (χ1n) is 5.73. The van der Waals surface area contributed by atoms with Crippen molar-refractivity contribution in [2.24, 2.45) is 0 Å². The van der Waals surface area contributed by atoms with E-state index in [1.165, 1.54) is 12.1 Å². The molecule has 0 amide bonds. The van der Waals surface area contributed by atoms with Gasteiger partial charge in [0.25, 0.3) is 5.89 Å². The Hall–Kier alpha value is -3.07. The molecule has 1 aromatic carbocycles. The number of nitrogens with zero attached hydrogens (tertiary/aromatic N) is 4. The van der Waals surface area contributed by atoms with Crippen molar-refractivity contribution in [3.63, 3.8) is 0 Å². The van der Waals surface area contributed by atoms with Gasteiger partial charge in [-0.25, -0.2) is 4.39 Å². The SMILES string of the molecule is N#Cc1c(F)cccc1-c1nc(-c2ccccn2)no1. The third-order valence-corrected chi connectivity index (χ3v) is 2.68. The molecule has 3 rings (SSSR count). The van der Waals surface area contributed by atoms with Crippen LogP contribution in [0.25, 0.3) is 23.0 Å². The van der Waals surface area contributed by atoms with Crippen molar-refractivity contribution in [1.29, 1.82) is 5.26 Å². The third-order valence-electron chi connectivity index (χ3n) is 2.68. The minimum Gasteiger partial charge on any atom is -0.334 e. The molecule has 2 heterocycles. The van der Waals surface area contributed by atoms with E-state index in [0.29, 0.717) is 5.69 Å². The van der Waals surface area contributed by atoms with Gasteiger partial charge in [0, 0.05) is 6.20 Å². The van der Waals surface area contributed by atoms with E-state index >= 15 is 0 Å². The molecule has 0 atom stereocenters. The molecule has 0 saturated heterocycles. The molecule has 0 spiro atoms. The van der Waals surface area contributed by atoms with Crippen LogP contribution in [0, 0.1) is 17.1 Å². The third kappa shape index (κ3) is 2.01. The largest absolute Gasteiger partial charge is 0.334 e.